The molecule has 4 rings (SSSR count). The van der Waals surface area contributed by atoms with E-state index in [1.54, 1.807) is 20.0 Å². The zero-order valence-corrected chi connectivity index (χ0v) is 19.4. The van der Waals surface area contributed by atoms with Gasteiger partial charge in [0.15, 0.2) is 5.16 Å². The number of ether oxygens (including phenoxy) is 1. The lowest BCUT2D eigenvalue weighted by atomic mass is 10.2. The maximum atomic E-state index is 12.8. The van der Waals surface area contributed by atoms with E-state index < -0.39 is 5.97 Å². The van der Waals surface area contributed by atoms with Crippen molar-refractivity contribution < 1.29 is 9.53 Å². The molecule has 0 spiro atoms. The number of nitrogens with one attached hydrogen (secondary N) is 1. The molecule has 3 aromatic heterocycles. The molecule has 1 atom stereocenters. The van der Waals surface area contributed by atoms with Gasteiger partial charge in [-0.25, -0.2) is 14.8 Å². The first kappa shape index (κ1) is 21.6. The van der Waals surface area contributed by atoms with Crippen LogP contribution in [0.15, 0.2) is 46.6 Å². The summed E-state index contributed by atoms with van der Waals surface area (Å²) in [5.74, 6) is 0.0844. The molecule has 7 nitrogen and oxygen atoms in total. The molecular weight excluding hydrogens is 456 g/mol. The lowest BCUT2D eigenvalue weighted by Crippen LogP contribution is -2.13. The summed E-state index contributed by atoms with van der Waals surface area (Å²) in [6, 6.07) is 7.47. The molecule has 1 N–H and O–H groups in total. The van der Waals surface area contributed by atoms with Gasteiger partial charge in [-0.1, -0.05) is 23.4 Å². The fourth-order valence-electron chi connectivity index (χ4n) is 3.13. The number of esters is 1. The summed E-state index contributed by atoms with van der Waals surface area (Å²) in [5, 5.41) is 1.66. The molecule has 0 aliphatic carbocycles. The first-order valence-corrected chi connectivity index (χ1v) is 11.6. The number of hydrogen-bond donors (Lipinski definition) is 1. The third-order valence-electron chi connectivity index (χ3n) is 4.66. The van der Waals surface area contributed by atoms with E-state index in [-0.39, 0.29) is 17.4 Å². The Balaban J connectivity index is 1.66. The average Bonchev–Trinajstić information content (AvgIpc) is 3.33. The van der Waals surface area contributed by atoms with Gasteiger partial charge in [0.05, 0.1) is 17.2 Å². The number of thioether (sulfide) groups is 1. The van der Waals surface area contributed by atoms with E-state index in [4.69, 9.17) is 16.3 Å². The quantitative estimate of drug-likeness (QED) is 0.306. The Morgan fingerprint density at radius 3 is 2.81 bits per heavy atom. The van der Waals surface area contributed by atoms with Gasteiger partial charge in [0.25, 0.3) is 5.56 Å². The van der Waals surface area contributed by atoms with Gasteiger partial charge in [-0.3, -0.25) is 9.36 Å². The van der Waals surface area contributed by atoms with Crippen LogP contribution in [0.2, 0.25) is 5.02 Å². The van der Waals surface area contributed by atoms with Gasteiger partial charge < -0.3 is 9.72 Å². The van der Waals surface area contributed by atoms with Crippen molar-refractivity contribution in [1.82, 2.24) is 19.5 Å². The maximum Gasteiger partial charge on any atom is 0.348 e. The van der Waals surface area contributed by atoms with Crippen molar-refractivity contribution in [3.8, 4) is 5.69 Å². The van der Waals surface area contributed by atoms with Crippen molar-refractivity contribution in [3.63, 3.8) is 0 Å². The van der Waals surface area contributed by atoms with E-state index in [2.05, 4.69) is 15.0 Å². The number of carbonyl (C=O) groups excluding carboxylic acids is 1. The lowest BCUT2D eigenvalue weighted by Gasteiger charge is -2.12. The monoisotopic (exact) mass is 474 g/mol. The molecule has 160 valence electrons. The summed E-state index contributed by atoms with van der Waals surface area (Å²) in [5.41, 5.74) is 1.26. The van der Waals surface area contributed by atoms with E-state index in [1.807, 2.05) is 42.0 Å². The van der Waals surface area contributed by atoms with E-state index in [0.717, 1.165) is 10.8 Å². The van der Waals surface area contributed by atoms with Crippen molar-refractivity contribution in [2.45, 2.75) is 31.2 Å². The Kier molecular flexibility index (Phi) is 6.17. The molecule has 0 amide bonds. The molecule has 1 unspecified atom stereocenters. The summed E-state index contributed by atoms with van der Waals surface area (Å²) in [4.78, 5) is 37.8. The van der Waals surface area contributed by atoms with Gasteiger partial charge in [-0.2, -0.15) is 0 Å². The molecule has 4 aromatic rings. The predicted molar refractivity (Wildman–Crippen MR) is 124 cm³/mol. The van der Waals surface area contributed by atoms with Gasteiger partial charge in [0.1, 0.15) is 15.5 Å². The zero-order valence-electron chi connectivity index (χ0n) is 17.0. The normalized spacial score (nSPS) is 12.3. The molecule has 0 bridgehead atoms. The minimum absolute atomic E-state index is 0.181. The molecule has 3 heterocycles. The molecule has 10 heteroatoms. The van der Waals surface area contributed by atoms with E-state index in [0.29, 0.717) is 31.5 Å². The highest BCUT2D eigenvalue weighted by Crippen LogP contribution is 2.35. The van der Waals surface area contributed by atoms with Crippen LogP contribution >= 0.6 is 34.7 Å². The number of benzene rings is 1. The Bertz CT molecular complexity index is 1310. The number of thiophene rings is 1. The number of fused-ring (bicyclic) bond motifs is 1. The molecular formula is C21H19ClN4O3S2. The Morgan fingerprint density at radius 2 is 2.10 bits per heavy atom. The van der Waals surface area contributed by atoms with Gasteiger partial charge in [-0.15, -0.1) is 11.3 Å². The third-order valence-corrected chi connectivity index (χ3v) is 7.17. The summed E-state index contributed by atoms with van der Waals surface area (Å²) in [6.45, 7) is 5.71. The minimum Gasteiger partial charge on any atom is -0.462 e. The second-order valence-electron chi connectivity index (χ2n) is 6.72. The summed E-state index contributed by atoms with van der Waals surface area (Å²) < 4.78 is 7.04. The number of carbonyl (C=O) groups is 1. The van der Waals surface area contributed by atoms with Gasteiger partial charge in [0, 0.05) is 23.1 Å². The first-order valence-electron chi connectivity index (χ1n) is 9.55. The van der Waals surface area contributed by atoms with Crippen LogP contribution in [0.1, 0.15) is 40.2 Å². The summed E-state index contributed by atoms with van der Waals surface area (Å²) in [7, 11) is 0. The van der Waals surface area contributed by atoms with Crippen LogP contribution in [0, 0.1) is 6.92 Å². The Hall–Kier alpha value is -2.62. The third kappa shape index (κ3) is 4.26. The predicted octanol–water partition coefficient (Wildman–Crippen LogP) is 5.16. The number of aromatic nitrogens is 4. The fourth-order valence-corrected chi connectivity index (χ4v) is 5.28. The molecule has 0 radical (unpaired) electrons. The number of H-pyrrole nitrogens is 1. The van der Waals surface area contributed by atoms with Crippen LogP contribution in [0.5, 0.6) is 0 Å². The number of nitrogens with zero attached hydrogens (tertiary/aromatic N) is 3. The lowest BCUT2D eigenvalue weighted by molar-refractivity contribution is 0.0531. The maximum absolute atomic E-state index is 12.8. The largest absolute Gasteiger partial charge is 0.462 e. The van der Waals surface area contributed by atoms with Crippen LogP contribution < -0.4 is 5.56 Å². The van der Waals surface area contributed by atoms with E-state index in [9.17, 15) is 9.59 Å². The number of rotatable bonds is 6. The number of halogens is 1. The molecule has 0 fully saturated rings. The Labute approximate surface area is 191 Å². The van der Waals surface area contributed by atoms with Crippen LogP contribution in [0.3, 0.4) is 0 Å². The van der Waals surface area contributed by atoms with Gasteiger partial charge >= 0.3 is 5.97 Å². The smallest absolute Gasteiger partial charge is 0.348 e. The molecule has 0 saturated heterocycles. The van der Waals surface area contributed by atoms with Crippen LogP contribution in [-0.2, 0) is 4.74 Å². The Morgan fingerprint density at radius 1 is 1.35 bits per heavy atom. The van der Waals surface area contributed by atoms with Crippen molar-refractivity contribution in [2.75, 3.05) is 6.61 Å². The van der Waals surface area contributed by atoms with E-state index >= 15 is 0 Å². The fraction of sp³-hybridized carbons (Fsp3) is 0.238. The second kappa shape index (κ2) is 8.86. The molecule has 0 aliphatic heterocycles. The van der Waals surface area contributed by atoms with Crippen molar-refractivity contribution >= 4 is 50.9 Å². The second-order valence-corrected chi connectivity index (χ2v) is 9.47. The summed E-state index contributed by atoms with van der Waals surface area (Å²) in [6.07, 6.45) is 3.59. The van der Waals surface area contributed by atoms with Crippen LogP contribution in [-0.4, -0.2) is 32.1 Å². The first-order chi connectivity index (χ1) is 14.9. The van der Waals surface area contributed by atoms with Gasteiger partial charge in [0.2, 0.25) is 0 Å². The van der Waals surface area contributed by atoms with Crippen LogP contribution in [0.4, 0.5) is 0 Å². The molecule has 0 saturated carbocycles. The highest BCUT2D eigenvalue weighted by atomic mass is 35.5. The SMILES string of the molecule is CCOC(=O)c1sc2nc(C(C)Sc3nccn3-c3ccc(Cl)cc3)[nH]c(=O)c2c1C. The van der Waals surface area contributed by atoms with Crippen molar-refractivity contribution in [1.29, 1.82) is 0 Å². The molecule has 0 aliphatic rings. The number of hydrogen-bond acceptors (Lipinski definition) is 7. The average molecular weight is 475 g/mol. The highest BCUT2D eigenvalue weighted by molar-refractivity contribution is 7.99. The highest BCUT2D eigenvalue weighted by Gasteiger charge is 2.22. The van der Waals surface area contributed by atoms with Gasteiger partial charge in [-0.05, 0) is 50.6 Å². The van der Waals surface area contributed by atoms with Crippen LogP contribution in [0.25, 0.3) is 15.9 Å². The molecule has 31 heavy (non-hydrogen) atoms. The topological polar surface area (TPSA) is 89.9 Å². The standard InChI is InChI=1S/C21H19ClN4O3S2/c1-4-29-20(28)16-11(2)15-18(27)24-17(25-19(15)31-16)12(3)30-21-23-9-10-26(21)14-7-5-13(22)6-8-14/h5-10,12H,4H2,1-3H3,(H,24,25,27). The molecule has 1 aromatic carbocycles. The number of imidazole rings is 1. The van der Waals surface area contributed by atoms with Crippen molar-refractivity contribution in [3.05, 3.63) is 68.3 Å². The minimum atomic E-state index is -0.434. The zero-order chi connectivity index (χ0) is 22.1. The number of aryl methyl sites for hydroxylation is 1. The van der Waals surface area contributed by atoms with Crippen molar-refractivity contribution in [2.24, 2.45) is 0 Å². The number of aromatic amines is 1. The summed E-state index contributed by atoms with van der Waals surface area (Å²) >= 11 is 8.64. The van der Waals surface area contributed by atoms with E-state index in [1.165, 1.54) is 23.1 Å².